The number of hydrogen-bond donors (Lipinski definition) is 1. The second-order valence-electron chi connectivity index (χ2n) is 5.72. The number of ether oxygens (including phenoxy) is 1. The van der Waals surface area contributed by atoms with Crippen LogP contribution in [0, 0.1) is 5.92 Å². The summed E-state index contributed by atoms with van der Waals surface area (Å²) in [5.74, 6) is 1.73. The van der Waals surface area contributed by atoms with E-state index in [0.717, 1.165) is 29.3 Å². The molecule has 0 aliphatic heterocycles. The number of hydrogen-bond acceptors (Lipinski definition) is 3. The Hall–Kier alpha value is -1.32. The van der Waals surface area contributed by atoms with E-state index in [-0.39, 0.29) is 6.04 Å². The third-order valence-electron chi connectivity index (χ3n) is 4.25. The maximum Gasteiger partial charge on any atom is 0.134 e. The van der Waals surface area contributed by atoms with Gasteiger partial charge in [0.05, 0.1) is 12.6 Å². The first-order valence-electron chi connectivity index (χ1n) is 7.60. The number of para-hydroxylation sites is 1. The van der Waals surface area contributed by atoms with Gasteiger partial charge in [0.2, 0.25) is 0 Å². The van der Waals surface area contributed by atoms with E-state index in [1.54, 1.807) is 0 Å². The fourth-order valence-corrected chi connectivity index (χ4v) is 3.01. The van der Waals surface area contributed by atoms with Gasteiger partial charge in [0.25, 0.3) is 0 Å². The summed E-state index contributed by atoms with van der Waals surface area (Å²) in [6.45, 7) is 1.56. The molecular weight excluding hydrogens is 250 g/mol. The third kappa shape index (κ3) is 3.05. The van der Waals surface area contributed by atoms with Gasteiger partial charge < -0.3 is 14.5 Å². The second kappa shape index (κ2) is 6.42. The molecule has 1 saturated carbocycles. The molecule has 1 aromatic carbocycles. The van der Waals surface area contributed by atoms with Crippen molar-refractivity contribution in [1.82, 2.24) is 5.32 Å². The Kier molecular flexibility index (Phi) is 4.38. The summed E-state index contributed by atoms with van der Waals surface area (Å²) in [5, 5.41) is 4.44. The molecule has 3 nitrogen and oxygen atoms in total. The molecule has 0 radical (unpaired) electrons. The summed E-state index contributed by atoms with van der Waals surface area (Å²) in [5.41, 5.74) is 0.943. The van der Waals surface area contributed by atoms with Gasteiger partial charge in [-0.25, -0.2) is 0 Å². The van der Waals surface area contributed by atoms with Gasteiger partial charge in [-0.1, -0.05) is 31.0 Å². The van der Waals surface area contributed by atoms with Crippen LogP contribution in [0.3, 0.4) is 0 Å². The van der Waals surface area contributed by atoms with Gasteiger partial charge in [0, 0.05) is 12.0 Å². The van der Waals surface area contributed by atoms with Gasteiger partial charge in [0.15, 0.2) is 0 Å². The predicted octanol–water partition coefficient (Wildman–Crippen LogP) is 3.90. The normalized spacial score (nSPS) is 17.9. The molecule has 1 aliphatic rings. The number of benzene rings is 1. The third-order valence-corrected chi connectivity index (χ3v) is 4.25. The Morgan fingerprint density at radius 2 is 2.10 bits per heavy atom. The van der Waals surface area contributed by atoms with Crippen molar-refractivity contribution in [3.05, 3.63) is 36.1 Å². The summed E-state index contributed by atoms with van der Waals surface area (Å²) in [7, 11) is 1.96. The van der Waals surface area contributed by atoms with E-state index in [1.165, 1.54) is 25.7 Å². The van der Waals surface area contributed by atoms with Gasteiger partial charge in [0.1, 0.15) is 11.3 Å². The lowest BCUT2D eigenvalue weighted by molar-refractivity contribution is 0.0802. The van der Waals surface area contributed by atoms with Gasteiger partial charge in [-0.05, 0) is 37.9 Å². The van der Waals surface area contributed by atoms with E-state index >= 15 is 0 Å². The van der Waals surface area contributed by atoms with Gasteiger partial charge >= 0.3 is 0 Å². The standard InChI is InChI=1S/C17H23NO2/c1-18-15(12-19-11-13-6-2-3-7-13)17-10-14-8-4-5-9-16(14)20-17/h4-5,8-10,13,15,18H,2-3,6-7,11-12H2,1H3. The first-order valence-corrected chi connectivity index (χ1v) is 7.60. The summed E-state index contributed by atoms with van der Waals surface area (Å²) in [4.78, 5) is 0. The van der Waals surface area contributed by atoms with Crippen molar-refractivity contribution >= 4 is 11.0 Å². The molecule has 1 heterocycles. The minimum absolute atomic E-state index is 0.129. The minimum Gasteiger partial charge on any atom is -0.459 e. The first-order chi connectivity index (χ1) is 9.86. The van der Waals surface area contributed by atoms with Crippen LogP contribution in [0.5, 0.6) is 0 Å². The first kappa shape index (κ1) is 13.7. The zero-order valence-electron chi connectivity index (χ0n) is 12.1. The highest BCUT2D eigenvalue weighted by atomic mass is 16.5. The number of nitrogens with one attached hydrogen (secondary N) is 1. The van der Waals surface area contributed by atoms with Crippen LogP contribution >= 0.6 is 0 Å². The van der Waals surface area contributed by atoms with E-state index in [1.807, 2.05) is 25.2 Å². The highest BCUT2D eigenvalue weighted by Gasteiger charge is 2.18. The van der Waals surface area contributed by atoms with Crippen molar-refractivity contribution in [1.29, 1.82) is 0 Å². The van der Waals surface area contributed by atoms with Crippen LogP contribution in [0.1, 0.15) is 37.5 Å². The maximum absolute atomic E-state index is 5.90. The molecule has 2 aromatic rings. The molecule has 3 rings (SSSR count). The molecule has 0 amide bonds. The molecule has 1 unspecified atom stereocenters. The molecule has 20 heavy (non-hydrogen) atoms. The number of likely N-dealkylation sites (N-methyl/N-ethyl adjacent to an activating group) is 1. The predicted molar refractivity (Wildman–Crippen MR) is 80.8 cm³/mol. The molecule has 1 N–H and O–H groups in total. The molecule has 108 valence electrons. The monoisotopic (exact) mass is 273 g/mol. The van der Waals surface area contributed by atoms with Crippen LogP contribution < -0.4 is 5.32 Å². The fraction of sp³-hybridized carbons (Fsp3) is 0.529. The van der Waals surface area contributed by atoms with Crippen molar-refractivity contribution in [3.63, 3.8) is 0 Å². The molecule has 1 aliphatic carbocycles. The van der Waals surface area contributed by atoms with E-state index in [9.17, 15) is 0 Å². The lowest BCUT2D eigenvalue weighted by Crippen LogP contribution is -2.22. The largest absolute Gasteiger partial charge is 0.459 e. The Morgan fingerprint density at radius 1 is 1.30 bits per heavy atom. The summed E-state index contributed by atoms with van der Waals surface area (Å²) in [6, 6.07) is 10.4. The van der Waals surface area contributed by atoms with Crippen LogP contribution in [-0.2, 0) is 4.74 Å². The van der Waals surface area contributed by atoms with Gasteiger partial charge in [-0.2, -0.15) is 0 Å². The van der Waals surface area contributed by atoms with Crippen LogP contribution in [-0.4, -0.2) is 20.3 Å². The van der Waals surface area contributed by atoms with Crippen LogP contribution in [0.15, 0.2) is 34.7 Å². The zero-order chi connectivity index (χ0) is 13.8. The van der Waals surface area contributed by atoms with Gasteiger partial charge in [-0.3, -0.25) is 0 Å². The summed E-state index contributed by atoms with van der Waals surface area (Å²) < 4.78 is 11.8. The van der Waals surface area contributed by atoms with E-state index in [2.05, 4.69) is 17.4 Å². The molecule has 0 saturated heterocycles. The molecule has 3 heteroatoms. The van der Waals surface area contributed by atoms with Crippen molar-refractivity contribution < 1.29 is 9.15 Å². The number of furan rings is 1. The Morgan fingerprint density at radius 3 is 2.85 bits per heavy atom. The highest BCUT2D eigenvalue weighted by Crippen LogP contribution is 2.26. The average Bonchev–Trinajstić information content (AvgIpc) is 3.12. The quantitative estimate of drug-likeness (QED) is 0.866. The number of rotatable bonds is 6. The van der Waals surface area contributed by atoms with Gasteiger partial charge in [-0.15, -0.1) is 0 Å². The Labute approximate surface area is 120 Å². The van der Waals surface area contributed by atoms with Crippen molar-refractivity contribution in [2.75, 3.05) is 20.3 Å². The van der Waals surface area contributed by atoms with Crippen LogP contribution in [0.25, 0.3) is 11.0 Å². The van der Waals surface area contributed by atoms with Crippen molar-refractivity contribution in [2.24, 2.45) is 5.92 Å². The van der Waals surface area contributed by atoms with E-state index < -0.39 is 0 Å². The molecule has 1 atom stereocenters. The van der Waals surface area contributed by atoms with E-state index in [0.29, 0.717) is 6.61 Å². The topological polar surface area (TPSA) is 34.4 Å². The van der Waals surface area contributed by atoms with Crippen LogP contribution in [0.2, 0.25) is 0 Å². The molecular formula is C17H23NO2. The average molecular weight is 273 g/mol. The highest BCUT2D eigenvalue weighted by molar-refractivity contribution is 5.77. The van der Waals surface area contributed by atoms with E-state index in [4.69, 9.17) is 9.15 Å². The summed E-state index contributed by atoms with van der Waals surface area (Å²) >= 11 is 0. The summed E-state index contributed by atoms with van der Waals surface area (Å²) in [6.07, 6.45) is 5.39. The minimum atomic E-state index is 0.129. The van der Waals surface area contributed by atoms with Crippen LogP contribution in [0.4, 0.5) is 0 Å². The zero-order valence-corrected chi connectivity index (χ0v) is 12.1. The van der Waals surface area contributed by atoms with Crippen molar-refractivity contribution in [2.45, 2.75) is 31.7 Å². The molecule has 0 spiro atoms. The smallest absolute Gasteiger partial charge is 0.134 e. The second-order valence-corrected chi connectivity index (χ2v) is 5.72. The lowest BCUT2D eigenvalue weighted by Gasteiger charge is -2.16. The maximum atomic E-state index is 5.90. The molecule has 0 bridgehead atoms. The molecule has 1 fully saturated rings. The number of fused-ring (bicyclic) bond motifs is 1. The molecule has 1 aromatic heterocycles. The lowest BCUT2D eigenvalue weighted by atomic mass is 10.1. The Balaban J connectivity index is 1.60. The SMILES string of the molecule is CNC(COCC1CCCC1)c1cc2ccccc2o1. The van der Waals surface area contributed by atoms with Crippen molar-refractivity contribution in [3.8, 4) is 0 Å². The Bertz CT molecular complexity index is 510. The fourth-order valence-electron chi connectivity index (χ4n) is 3.01.